The van der Waals surface area contributed by atoms with Crippen molar-refractivity contribution >= 4 is 40.0 Å². The predicted octanol–water partition coefficient (Wildman–Crippen LogP) is 4.20. The molecule has 2 heterocycles. The molecule has 7 heteroatoms. The number of fused-ring (bicyclic) bond motifs is 1. The molecule has 1 aliphatic carbocycles. The normalized spacial score (nSPS) is 19.5. The molecule has 1 unspecified atom stereocenters. The van der Waals surface area contributed by atoms with Crippen LogP contribution in [0.5, 0.6) is 0 Å². The minimum absolute atomic E-state index is 0.0865. The topological polar surface area (TPSA) is 68.4 Å². The fraction of sp³-hybridized carbons (Fsp3) is 0.385. The molecule has 0 spiro atoms. The predicted molar refractivity (Wildman–Crippen MR) is 132 cm³/mol. The Labute approximate surface area is 198 Å². The van der Waals surface area contributed by atoms with Crippen molar-refractivity contribution in [1.82, 2.24) is 15.2 Å². The third-order valence-electron chi connectivity index (χ3n) is 6.85. The number of halogens is 1. The molecule has 2 aromatic carbocycles. The van der Waals surface area contributed by atoms with Gasteiger partial charge in [-0.25, -0.2) is 0 Å². The fourth-order valence-electron chi connectivity index (χ4n) is 5.02. The zero-order valence-electron chi connectivity index (χ0n) is 19.0. The van der Waals surface area contributed by atoms with E-state index < -0.39 is 0 Å². The molecular formula is C26H29ClN4O2. The number of amides is 2. The summed E-state index contributed by atoms with van der Waals surface area (Å²) in [5.41, 5.74) is 3.93. The van der Waals surface area contributed by atoms with Crippen molar-refractivity contribution in [3.05, 3.63) is 64.8 Å². The molecule has 0 bridgehead atoms. The summed E-state index contributed by atoms with van der Waals surface area (Å²) in [5, 5.41) is 4.51. The summed E-state index contributed by atoms with van der Waals surface area (Å²) >= 11 is 6.03. The van der Waals surface area contributed by atoms with Crippen LogP contribution >= 0.6 is 11.6 Å². The van der Waals surface area contributed by atoms with Crippen molar-refractivity contribution < 1.29 is 9.59 Å². The minimum atomic E-state index is -0.173. The molecule has 0 radical (unpaired) electrons. The number of rotatable bonds is 7. The molecular weight excluding hydrogens is 436 g/mol. The maximum Gasteiger partial charge on any atom is 0.267 e. The first-order chi connectivity index (χ1) is 15.8. The van der Waals surface area contributed by atoms with Crippen molar-refractivity contribution in [2.45, 2.75) is 24.7 Å². The molecule has 2 amide bonds. The Balaban J connectivity index is 1.19. The highest BCUT2D eigenvalue weighted by Crippen LogP contribution is 2.48. The van der Waals surface area contributed by atoms with Gasteiger partial charge in [0.25, 0.3) is 5.91 Å². The highest BCUT2D eigenvalue weighted by Gasteiger charge is 2.44. The van der Waals surface area contributed by atoms with Crippen LogP contribution in [0.3, 0.4) is 0 Å². The first-order valence-corrected chi connectivity index (χ1v) is 11.8. The summed E-state index contributed by atoms with van der Waals surface area (Å²) in [6, 6.07) is 15.8. The number of benzene rings is 2. The van der Waals surface area contributed by atoms with E-state index in [2.05, 4.69) is 53.6 Å². The van der Waals surface area contributed by atoms with E-state index in [9.17, 15) is 9.59 Å². The maximum absolute atomic E-state index is 12.7. The van der Waals surface area contributed by atoms with Crippen LogP contribution in [0.4, 0.5) is 5.69 Å². The number of carbonyl (C=O) groups excluding carboxylic acids is 2. The Hall–Kier alpha value is -2.83. The van der Waals surface area contributed by atoms with E-state index in [0.29, 0.717) is 30.2 Å². The molecule has 33 heavy (non-hydrogen) atoms. The van der Waals surface area contributed by atoms with E-state index >= 15 is 0 Å². The standard InChI is InChI=1S/C26H29ClN4O2/c1-30(2)16-26(9-10-26)19-3-6-21(7-4-19)31-15-17(11-24(31)32)14-28-25(33)23-13-18-12-20(27)5-8-22(18)29-23/h3-8,12-13,17,29H,9-11,14-16H2,1-2H3,(H,28,33). The van der Waals surface area contributed by atoms with Crippen LogP contribution in [0.2, 0.25) is 5.02 Å². The highest BCUT2D eigenvalue weighted by atomic mass is 35.5. The molecule has 3 aromatic rings. The monoisotopic (exact) mass is 464 g/mol. The number of hydrogen-bond acceptors (Lipinski definition) is 3. The lowest BCUT2D eigenvalue weighted by Crippen LogP contribution is -2.31. The van der Waals surface area contributed by atoms with Crippen LogP contribution in [0.1, 0.15) is 35.3 Å². The second-order valence-electron chi connectivity index (χ2n) is 9.76. The van der Waals surface area contributed by atoms with Crippen LogP contribution in [0, 0.1) is 5.92 Å². The van der Waals surface area contributed by atoms with Gasteiger partial charge in [-0.3, -0.25) is 9.59 Å². The summed E-state index contributed by atoms with van der Waals surface area (Å²) in [7, 11) is 4.23. The number of aromatic nitrogens is 1. The van der Waals surface area contributed by atoms with Gasteiger partial charge < -0.3 is 20.1 Å². The average Bonchev–Trinajstić information content (AvgIpc) is 3.27. The van der Waals surface area contributed by atoms with Crippen LogP contribution in [0.15, 0.2) is 48.5 Å². The third-order valence-corrected chi connectivity index (χ3v) is 7.08. The van der Waals surface area contributed by atoms with Gasteiger partial charge in [-0.05, 0) is 68.9 Å². The van der Waals surface area contributed by atoms with Gasteiger partial charge in [0, 0.05) is 59.0 Å². The van der Waals surface area contributed by atoms with Gasteiger partial charge in [0.1, 0.15) is 5.69 Å². The molecule has 172 valence electrons. The SMILES string of the molecule is CN(C)CC1(c2ccc(N3CC(CNC(=O)c4cc5cc(Cl)ccc5[nH]4)CC3=O)cc2)CC1. The van der Waals surface area contributed by atoms with Crippen molar-refractivity contribution in [3.63, 3.8) is 0 Å². The number of hydrogen-bond donors (Lipinski definition) is 2. The smallest absolute Gasteiger partial charge is 0.267 e. The van der Waals surface area contributed by atoms with E-state index in [-0.39, 0.29) is 23.1 Å². The summed E-state index contributed by atoms with van der Waals surface area (Å²) < 4.78 is 0. The van der Waals surface area contributed by atoms with E-state index in [1.807, 2.05) is 17.0 Å². The Morgan fingerprint density at radius 2 is 1.94 bits per heavy atom. The molecule has 2 fully saturated rings. The Kier molecular flexibility index (Phi) is 5.67. The third kappa shape index (κ3) is 4.50. The van der Waals surface area contributed by atoms with E-state index in [4.69, 9.17) is 11.6 Å². The molecule has 1 aromatic heterocycles. The minimum Gasteiger partial charge on any atom is -0.351 e. The molecule has 2 N–H and O–H groups in total. The van der Waals surface area contributed by atoms with Crippen LogP contribution < -0.4 is 10.2 Å². The molecule has 2 aliphatic rings. The lowest BCUT2D eigenvalue weighted by Gasteiger charge is -2.22. The van der Waals surface area contributed by atoms with Crippen LogP contribution in [0.25, 0.3) is 10.9 Å². The van der Waals surface area contributed by atoms with Gasteiger partial charge in [-0.1, -0.05) is 23.7 Å². The summed E-state index contributed by atoms with van der Waals surface area (Å²) in [5.74, 6) is 0.0216. The summed E-state index contributed by atoms with van der Waals surface area (Å²) in [6.45, 7) is 2.13. The van der Waals surface area contributed by atoms with Crippen molar-refractivity contribution in [2.75, 3.05) is 38.6 Å². The van der Waals surface area contributed by atoms with Gasteiger partial charge in [0.15, 0.2) is 0 Å². The quantitative estimate of drug-likeness (QED) is 0.550. The number of aromatic amines is 1. The van der Waals surface area contributed by atoms with Crippen LogP contribution in [-0.2, 0) is 10.2 Å². The lowest BCUT2D eigenvalue weighted by molar-refractivity contribution is -0.117. The molecule has 1 saturated heterocycles. The number of H-pyrrole nitrogens is 1. The second-order valence-corrected chi connectivity index (χ2v) is 10.2. The highest BCUT2D eigenvalue weighted by molar-refractivity contribution is 6.31. The van der Waals surface area contributed by atoms with E-state index in [1.54, 1.807) is 12.1 Å². The van der Waals surface area contributed by atoms with Crippen molar-refractivity contribution in [1.29, 1.82) is 0 Å². The van der Waals surface area contributed by atoms with Gasteiger partial charge >= 0.3 is 0 Å². The van der Waals surface area contributed by atoms with E-state index in [1.165, 1.54) is 18.4 Å². The Morgan fingerprint density at radius 3 is 2.64 bits per heavy atom. The van der Waals surface area contributed by atoms with Crippen molar-refractivity contribution in [2.24, 2.45) is 5.92 Å². The Bertz CT molecular complexity index is 1200. The first kappa shape index (κ1) is 22.0. The Morgan fingerprint density at radius 1 is 1.18 bits per heavy atom. The molecule has 1 saturated carbocycles. The van der Waals surface area contributed by atoms with Gasteiger partial charge in [0.2, 0.25) is 5.91 Å². The van der Waals surface area contributed by atoms with Crippen LogP contribution in [-0.4, -0.2) is 55.4 Å². The molecule has 5 rings (SSSR count). The fourth-order valence-corrected chi connectivity index (χ4v) is 5.20. The van der Waals surface area contributed by atoms with E-state index in [0.717, 1.165) is 23.1 Å². The van der Waals surface area contributed by atoms with Gasteiger partial charge in [-0.2, -0.15) is 0 Å². The second kappa shape index (κ2) is 8.50. The average molecular weight is 465 g/mol. The summed E-state index contributed by atoms with van der Waals surface area (Å²) in [6.07, 6.45) is 2.88. The lowest BCUT2D eigenvalue weighted by atomic mass is 9.95. The summed E-state index contributed by atoms with van der Waals surface area (Å²) in [4.78, 5) is 32.5. The number of nitrogens with zero attached hydrogens (tertiary/aromatic N) is 2. The first-order valence-electron chi connectivity index (χ1n) is 11.5. The zero-order chi connectivity index (χ0) is 23.2. The van der Waals surface area contributed by atoms with Gasteiger partial charge in [-0.15, -0.1) is 0 Å². The van der Waals surface area contributed by atoms with Crippen molar-refractivity contribution in [3.8, 4) is 0 Å². The molecule has 1 aliphatic heterocycles. The maximum atomic E-state index is 12.7. The number of nitrogens with one attached hydrogen (secondary N) is 2. The number of carbonyl (C=O) groups is 2. The van der Waals surface area contributed by atoms with Gasteiger partial charge in [0.05, 0.1) is 0 Å². The molecule has 6 nitrogen and oxygen atoms in total. The number of anilines is 1. The molecule has 1 atom stereocenters. The zero-order valence-corrected chi connectivity index (χ0v) is 19.8. The number of likely N-dealkylation sites (N-methyl/N-ethyl adjacent to an activating group) is 1. The largest absolute Gasteiger partial charge is 0.351 e.